The van der Waals surface area contributed by atoms with Gasteiger partial charge in [-0.15, -0.1) is 13.2 Å². The molecule has 6 heteroatoms. The number of nitrogens with one attached hydrogen (secondary N) is 1. The summed E-state index contributed by atoms with van der Waals surface area (Å²) in [5.41, 5.74) is 1.48. The molecule has 1 N–H and O–H groups in total. The third-order valence-corrected chi connectivity index (χ3v) is 2.61. The highest BCUT2D eigenvalue weighted by Gasteiger charge is 2.32. The van der Waals surface area contributed by atoms with Gasteiger partial charge in [-0.25, -0.2) is 0 Å². The number of hydrogen-bond donors (Lipinski definition) is 1. The summed E-state index contributed by atoms with van der Waals surface area (Å²) in [4.78, 5) is 0. The van der Waals surface area contributed by atoms with E-state index in [2.05, 4.69) is 10.1 Å². The summed E-state index contributed by atoms with van der Waals surface area (Å²) in [5, 5.41) is 3.10. The van der Waals surface area contributed by atoms with Gasteiger partial charge in [0.2, 0.25) is 0 Å². The minimum Gasteiger partial charge on any atom is -0.406 e. The minimum absolute atomic E-state index is 0.192. The first-order chi connectivity index (χ1) is 7.99. The van der Waals surface area contributed by atoms with Crippen molar-refractivity contribution in [3.05, 3.63) is 23.8 Å². The van der Waals surface area contributed by atoms with E-state index < -0.39 is 6.36 Å². The molecule has 2 rings (SSSR count). The molecule has 0 amide bonds. The molecule has 0 aliphatic carbocycles. The molecule has 1 heterocycles. The first-order valence-corrected chi connectivity index (χ1v) is 5.16. The first kappa shape index (κ1) is 12.0. The average molecular weight is 247 g/mol. The average Bonchev–Trinajstić information content (AvgIpc) is 2.26. The molecule has 0 unspecified atom stereocenters. The lowest BCUT2D eigenvalue weighted by atomic mass is 10.00. The highest BCUT2D eigenvalue weighted by atomic mass is 19.4. The Morgan fingerprint density at radius 2 is 2.12 bits per heavy atom. The smallest absolute Gasteiger partial charge is 0.406 e. The van der Waals surface area contributed by atoms with Gasteiger partial charge in [0.25, 0.3) is 0 Å². The van der Waals surface area contributed by atoms with Gasteiger partial charge in [-0.2, -0.15) is 0 Å². The van der Waals surface area contributed by atoms with Gasteiger partial charge in [0.15, 0.2) is 0 Å². The standard InChI is InChI=1S/C11H12F3NO2/c1-16-10-4-5-15-9-3-2-7(6-8(9)10)17-11(12,13)14/h2-3,6,10,15H,4-5H2,1H3/t10-/m1/s1. The van der Waals surface area contributed by atoms with E-state index in [9.17, 15) is 13.2 Å². The normalized spacial score (nSPS) is 19.4. The lowest BCUT2D eigenvalue weighted by Crippen LogP contribution is -2.20. The van der Waals surface area contributed by atoms with E-state index in [-0.39, 0.29) is 11.9 Å². The lowest BCUT2D eigenvalue weighted by molar-refractivity contribution is -0.274. The summed E-state index contributed by atoms with van der Waals surface area (Å²) in [6, 6.07) is 4.22. The molecular weight excluding hydrogens is 235 g/mol. The molecule has 0 saturated carbocycles. The fourth-order valence-corrected chi connectivity index (χ4v) is 1.90. The van der Waals surface area contributed by atoms with E-state index in [1.807, 2.05) is 0 Å². The number of halogens is 3. The minimum atomic E-state index is -4.67. The lowest BCUT2D eigenvalue weighted by Gasteiger charge is -2.26. The third-order valence-electron chi connectivity index (χ3n) is 2.61. The number of fused-ring (bicyclic) bond motifs is 1. The van der Waals surface area contributed by atoms with Gasteiger partial charge in [-0.3, -0.25) is 0 Å². The molecule has 94 valence electrons. The van der Waals surface area contributed by atoms with Gasteiger partial charge in [0.05, 0.1) is 6.10 Å². The van der Waals surface area contributed by atoms with Crippen molar-refractivity contribution < 1.29 is 22.6 Å². The number of methoxy groups -OCH3 is 1. The van der Waals surface area contributed by atoms with Crippen LogP contribution in [0.15, 0.2) is 18.2 Å². The molecular formula is C11H12F3NO2. The second-order valence-corrected chi connectivity index (χ2v) is 3.74. The SMILES string of the molecule is CO[C@@H]1CCNc2ccc(OC(F)(F)F)cc21. The fraction of sp³-hybridized carbons (Fsp3) is 0.455. The van der Waals surface area contributed by atoms with E-state index in [1.54, 1.807) is 6.07 Å². The maximum absolute atomic E-state index is 12.1. The molecule has 0 radical (unpaired) electrons. The van der Waals surface area contributed by atoms with Gasteiger partial charge < -0.3 is 14.8 Å². The second-order valence-electron chi connectivity index (χ2n) is 3.74. The van der Waals surface area contributed by atoms with Crippen molar-refractivity contribution in [1.29, 1.82) is 0 Å². The number of alkyl halides is 3. The fourth-order valence-electron chi connectivity index (χ4n) is 1.90. The molecule has 1 aromatic carbocycles. The van der Waals surface area contributed by atoms with Crippen molar-refractivity contribution in [3.63, 3.8) is 0 Å². The van der Waals surface area contributed by atoms with Crippen molar-refractivity contribution in [1.82, 2.24) is 0 Å². The van der Waals surface area contributed by atoms with Crippen LogP contribution in [0.5, 0.6) is 5.75 Å². The maximum Gasteiger partial charge on any atom is 0.573 e. The number of rotatable bonds is 2. The van der Waals surface area contributed by atoms with Crippen molar-refractivity contribution in [2.75, 3.05) is 19.0 Å². The summed E-state index contributed by atoms with van der Waals surface area (Å²) in [5.74, 6) is -0.220. The van der Waals surface area contributed by atoms with Crippen LogP contribution in [0, 0.1) is 0 Å². The topological polar surface area (TPSA) is 30.5 Å². The van der Waals surface area contributed by atoms with Gasteiger partial charge in [0.1, 0.15) is 5.75 Å². The second kappa shape index (κ2) is 4.44. The van der Waals surface area contributed by atoms with Crippen molar-refractivity contribution >= 4 is 5.69 Å². The molecule has 1 aliphatic rings. The van der Waals surface area contributed by atoms with Crippen LogP contribution in [0.2, 0.25) is 0 Å². The Bertz CT molecular complexity index is 406. The molecule has 0 aromatic heterocycles. The molecule has 1 atom stereocenters. The Morgan fingerprint density at radius 1 is 1.35 bits per heavy atom. The Balaban J connectivity index is 2.28. The Morgan fingerprint density at radius 3 is 2.76 bits per heavy atom. The molecule has 0 spiro atoms. The van der Waals surface area contributed by atoms with Crippen LogP contribution in [-0.4, -0.2) is 20.0 Å². The predicted molar refractivity (Wildman–Crippen MR) is 56.0 cm³/mol. The van der Waals surface area contributed by atoms with Crippen molar-refractivity contribution in [2.45, 2.75) is 18.9 Å². The van der Waals surface area contributed by atoms with Crippen LogP contribution in [-0.2, 0) is 4.74 Å². The molecule has 0 fully saturated rings. The Kier molecular flexibility index (Phi) is 3.15. The maximum atomic E-state index is 12.1. The number of hydrogen-bond acceptors (Lipinski definition) is 3. The van der Waals surface area contributed by atoms with E-state index in [0.717, 1.165) is 18.7 Å². The van der Waals surface area contributed by atoms with Crippen LogP contribution in [0.1, 0.15) is 18.1 Å². The van der Waals surface area contributed by atoms with Crippen LogP contribution in [0.25, 0.3) is 0 Å². The molecule has 17 heavy (non-hydrogen) atoms. The molecule has 1 aliphatic heterocycles. The largest absolute Gasteiger partial charge is 0.573 e. The summed E-state index contributed by atoms with van der Waals surface area (Å²) >= 11 is 0. The number of benzene rings is 1. The summed E-state index contributed by atoms with van der Waals surface area (Å²) in [6.07, 6.45) is -4.14. The highest BCUT2D eigenvalue weighted by Crippen LogP contribution is 2.35. The van der Waals surface area contributed by atoms with Gasteiger partial charge in [0, 0.05) is 24.9 Å². The van der Waals surface area contributed by atoms with E-state index in [1.165, 1.54) is 19.2 Å². The Labute approximate surface area is 96.5 Å². The predicted octanol–water partition coefficient (Wildman–Crippen LogP) is 3.09. The molecule has 0 saturated heterocycles. The quantitative estimate of drug-likeness (QED) is 0.871. The van der Waals surface area contributed by atoms with Crippen molar-refractivity contribution in [2.24, 2.45) is 0 Å². The zero-order chi connectivity index (χ0) is 12.5. The molecule has 0 bridgehead atoms. The van der Waals surface area contributed by atoms with Gasteiger partial charge >= 0.3 is 6.36 Å². The van der Waals surface area contributed by atoms with Crippen LogP contribution in [0.4, 0.5) is 18.9 Å². The van der Waals surface area contributed by atoms with Crippen LogP contribution < -0.4 is 10.1 Å². The Hall–Kier alpha value is -1.43. The van der Waals surface area contributed by atoms with Crippen LogP contribution in [0.3, 0.4) is 0 Å². The first-order valence-electron chi connectivity index (χ1n) is 5.16. The van der Waals surface area contributed by atoms with Crippen LogP contribution >= 0.6 is 0 Å². The van der Waals surface area contributed by atoms with Crippen molar-refractivity contribution in [3.8, 4) is 5.75 Å². The number of anilines is 1. The zero-order valence-electron chi connectivity index (χ0n) is 9.17. The van der Waals surface area contributed by atoms with Gasteiger partial charge in [-0.05, 0) is 24.6 Å². The summed E-state index contributed by atoms with van der Waals surface area (Å²) in [6.45, 7) is 0.741. The third kappa shape index (κ3) is 2.82. The monoisotopic (exact) mass is 247 g/mol. The summed E-state index contributed by atoms with van der Waals surface area (Å²) < 4.78 is 45.4. The van der Waals surface area contributed by atoms with E-state index >= 15 is 0 Å². The summed E-state index contributed by atoms with van der Waals surface area (Å²) in [7, 11) is 1.54. The molecule has 1 aromatic rings. The number of ether oxygens (including phenoxy) is 2. The van der Waals surface area contributed by atoms with E-state index in [4.69, 9.17) is 4.74 Å². The highest BCUT2D eigenvalue weighted by molar-refractivity contribution is 5.57. The molecule has 3 nitrogen and oxygen atoms in total. The van der Waals surface area contributed by atoms with E-state index in [0.29, 0.717) is 5.56 Å². The van der Waals surface area contributed by atoms with Gasteiger partial charge in [-0.1, -0.05) is 0 Å². The zero-order valence-corrected chi connectivity index (χ0v) is 9.17.